The molecule has 0 aromatic carbocycles. The van der Waals surface area contributed by atoms with E-state index in [0.29, 0.717) is 0 Å². The average molecular weight is 192 g/mol. The summed E-state index contributed by atoms with van der Waals surface area (Å²) >= 11 is 0. The zero-order chi connectivity index (χ0) is 10.2. The number of nitrogens with one attached hydrogen (secondary N) is 1. The molecule has 78 valence electrons. The number of rotatable bonds is 0. The molecule has 1 saturated heterocycles. The highest BCUT2D eigenvalue weighted by Gasteiger charge is 2.04. The molecule has 14 heavy (non-hydrogen) atoms. The Kier molecular flexibility index (Phi) is 5.23. The van der Waals surface area contributed by atoms with Gasteiger partial charge in [0.15, 0.2) is 0 Å². The van der Waals surface area contributed by atoms with E-state index in [9.17, 15) is 0 Å². The Morgan fingerprint density at radius 1 is 1.36 bits per heavy atom. The molecule has 2 nitrogen and oxygen atoms in total. The standard InChI is InChI=1S/C6H13N.C6H7N/c2*1-6-4-2-3-5-7-6/h6-7H,2-5H2,1H3;2-5H,1H3. The van der Waals surface area contributed by atoms with Gasteiger partial charge in [-0.05, 0) is 45.4 Å². The summed E-state index contributed by atoms with van der Waals surface area (Å²) in [5.41, 5.74) is 1.07. The van der Waals surface area contributed by atoms with Crippen molar-refractivity contribution >= 4 is 0 Å². The van der Waals surface area contributed by atoms with E-state index in [1.54, 1.807) is 6.20 Å². The van der Waals surface area contributed by atoms with Crippen LogP contribution in [0.3, 0.4) is 0 Å². The Morgan fingerprint density at radius 2 is 2.21 bits per heavy atom. The average Bonchev–Trinajstić information content (AvgIpc) is 2.21. The second-order valence-corrected chi connectivity index (χ2v) is 3.82. The Morgan fingerprint density at radius 3 is 2.50 bits per heavy atom. The Bertz CT molecular complexity index is 227. The number of piperidine rings is 1. The van der Waals surface area contributed by atoms with Gasteiger partial charge in [0.1, 0.15) is 0 Å². The molecular formula is C12H20N2. The van der Waals surface area contributed by atoms with E-state index in [1.807, 2.05) is 25.1 Å². The predicted molar refractivity (Wildman–Crippen MR) is 60.3 cm³/mol. The van der Waals surface area contributed by atoms with Crippen molar-refractivity contribution in [1.29, 1.82) is 0 Å². The third-order valence-electron chi connectivity index (χ3n) is 2.37. The molecule has 1 N–H and O–H groups in total. The van der Waals surface area contributed by atoms with E-state index in [2.05, 4.69) is 17.2 Å². The zero-order valence-electron chi connectivity index (χ0n) is 9.16. The molecule has 2 rings (SSSR count). The van der Waals surface area contributed by atoms with Crippen molar-refractivity contribution in [2.75, 3.05) is 6.54 Å². The second-order valence-electron chi connectivity index (χ2n) is 3.82. The number of aryl methyl sites for hydroxylation is 1. The number of hydrogen-bond acceptors (Lipinski definition) is 2. The van der Waals surface area contributed by atoms with E-state index < -0.39 is 0 Å². The molecule has 1 fully saturated rings. The van der Waals surface area contributed by atoms with Crippen LogP contribution in [0.15, 0.2) is 24.4 Å². The fraction of sp³-hybridized carbons (Fsp3) is 0.583. The van der Waals surface area contributed by atoms with Crippen LogP contribution in [-0.2, 0) is 0 Å². The Hall–Kier alpha value is -0.890. The van der Waals surface area contributed by atoms with Gasteiger partial charge in [0.05, 0.1) is 0 Å². The van der Waals surface area contributed by atoms with E-state index in [1.165, 1.54) is 25.8 Å². The third-order valence-corrected chi connectivity index (χ3v) is 2.37. The minimum Gasteiger partial charge on any atom is -0.314 e. The molecule has 0 saturated carbocycles. The molecule has 0 amide bonds. The van der Waals surface area contributed by atoms with Gasteiger partial charge in [0.2, 0.25) is 0 Å². The van der Waals surface area contributed by atoms with Gasteiger partial charge in [-0.1, -0.05) is 12.5 Å². The first-order chi connectivity index (χ1) is 6.79. The van der Waals surface area contributed by atoms with Crippen molar-refractivity contribution in [3.8, 4) is 0 Å². The predicted octanol–water partition coefficient (Wildman–Crippen LogP) is 2.54. The topological polar surface area (TPSA) is 24.9 Å². The quantitative estimate of drug-likeness (QED) is 0.683. The molecular weight excluding hydrogens is 172 g/mol. The molecule has 0 aliphatic carbocycles. The largest absolute Gasteiger partial charge is 0.314 e. The summed E-state index contributed by atoms with van der Waals surface area (Å²) in [6, 6.07) is 6.64. The molecule has 1 aromatic rings. The molecule has 1 aromatic heterocycles. The first-order valence-electron chi connectivity index (χ1n) is 5.40. The fourth-order valence-electron chi connectivity index (χ4n) is 1.47. The van der Waals surface area contributed by atoms with Gasteiger partial charge in [-0.15, -0.1) is 0 Å². The smallest absolute Gasteiger partial charge is 0.0372 e. The normalized spacial score (nSPS) is 20.9. The van der Waals surface area contributed by atoms with Crippen molar-refractivity contribution in [2.24, 2.45) is 0 Å². The van der Waals surface area contributed by atoms with Crippen molar-refractivity contribution < 1.29 is 0 Å². The van der Waals surface area contributed by atoms with Crippen LogP contribution in [-0.4, -0.2) is 17.6 Å². The molecule has 2 heterocycles. The van der Waals surface area contributed by atoms with Crippen molar-refractivity contribution in [3.05, 3.63) is 30.1 Å². The van der Waals surface area contributed by atoms with E-state index in [0.717, 1.165) is 11.7 Å². The summed E-state index contributed by atoms with van der Waals surface area (Å²) in [7, 11) is 0. The van der Waals surface area contributed by atoms with Gasteiger partial charge >= 0.3 is 0 Å². The van der Waals surface area contributed by atoms with Gasteiger partial charge in [-0.3, -0.25) is 4.98 Å². The number of aromatic nitrogens is 1. The summed E-state index contributed by atoms with van der Waals surface area (Å²) in [5, 5.41) is 3.38. The molecule has 0 bridgehead atoms. The van der Waals surface area contributed by atoms with E-state index in [-0.39, 0.29) is 0 Å². The molecule has 0 spiro atoms. The first kappa shape index (κ1) is 11.2. The lowest BCUT2D eigenvalue weighted by atomic mass is 10.1. The van der Waals surface area contributed by atoms with Crippen LogP contribution in [0.5, 0.6) is 0 Å². The zero-order valence-corrected chi connectivity index (χ0v) is 9.16. The second kappa shape index (κ2) is 6.55. The number of pyridine rings is 1. The molecule has 1 aliphatic heterocycles. The van der Waals surface area contributed by atoms with Gasteiger partial charge in [-0.2, -0.15) is 0 Å². The maximum Gasteiger partial charge on any atom is 0.0372 e. The lowest BCUT2D eigenvalue weighted by Crippen LogP contribution is -2.30. The van der Waals surface area contributed by atoms with Crippen molar-refractivity contribution in [2.45, 2.75) is 39.2 Å². The van der Waals surface area contributed by atoms with E-state index in [4.69, 9.17) is 0 Å². The molecule has 0 radical (unpaired) electrons. The van der Waals surface area contributed by atoms with Crippen LogP contribution in [0.25, 0.3) is 0 Å². The summed E-state index contributed by atoms with van der Waals surface area (Å²) < 4.78 is 0. The highest BCUT2D eigenvalue weighted by atomic mass is 14.9. The van der Waals surface area contributed by atoms with E-state index >= 15 is 0 Å². The molecule has 2 heteroatoms. The lowest BCUT2D eigenvalue weighted by Gasteiger charge is -2.18. The lowest BCUT2D eigenvalue weighted by molar-refractivity contribution is 0.425. The van der Waals surface area contributed by atoms with Crippen LogP contribution in [0.2, 0.25) is 0 Å². The first-order valence-corrected chi connectivity index (χ1v) is 5.40. The summed E-state index contributed by atoms with van der Waals surface area (Å²) in [4.78, 5) is 3.98. The van der Waals surface area contributed by atoms with Crippen molar-refractivity contribution in [3.63, 3.8) is 0 Å². The van der Waals surface area contributed by atoms with Crippen LogP contribution < -0.4 is 5.32 Å². The van der Waals surface area contributed by atoms with Gasteiger partial charge in [0.25, 0.3) is 0 Å². The maximum absolute atomic E-state index is 3.98. The summed E-state index contributed by atoms with van der Waals surface area (Å²) in [5.74, 6) is 0. The van der Waals surface area contributed by atoms with Crippen LogP contribution in [0.4, 0.5) is 0 Å². The highest BCUT2D eigenvalue weighted by molar-refractivity contribution is 4.99. The van der Waals surface area contributed by atoms with Gasteiger partial charge < -0.3 is 5.32 Å². The Balaban J connectivity index is 0.000000140. The highest BCUT2D eigenvalue weighted by Crippen LogP contribution is 2.04. The molecule has 1 atom stereocenters. The van der Waals surface area contributed by atoms with Crippen LogP contribution in [0, 0.1) is 6.92 Å². The minimum absolute atomic E-state index is 0.786. The SMILES string of the molecule is CC1CCCCN1.Cc1ccccn1. The number of nitrogens with zero attached hydrogens (tertiary/aromatic N) is 1. The van der Waals surface area contributed by atoms with Gasteiger partial charge in [-0.25, -0.2) is 0 Å². The summed E-state index contributed by atoms with van der Waals surface area (Å²) in [6.45, 7) is 5.46. The fourth-order valence-corrected chi connectivity index (χ4v) is 1.47. The summed E-state index contributed by atoms with van der Waals surface area (Å²) in [6.07, 6.45) is 5.97. The monoisotopic (exact) mass is 192 g/mol. The number of hydrogen-bond donors (Lipinski definition) is 1. The maximum atomic E-state index is 3.98. The molecule has 1 unspecified atom stereocenters. The minimum atomic E-state index is 0.786. The molecule has 1 aliphatic rings. The van der Waals surface area contributed by atoms with Crippen molar-refractivity contribution in [1.82, 2.24) is 10.3 Å². The van der Waals surface area contributed by atoms with Crippen LogP contribution >= 0.6 is 0 Å². The third kappa shape index (κ3) is 4.97. The van der Waals surface area contributed by atoms with Gasteiger partial charge in [0, 0.05) is 17.9 Å². The Labute approximate surface area is 86.8 Å². The van der Waals surface area contributed by atoms with Crippen LogP contribution in [0.1, 0.15) is 31.9 Å².